The van der Waals surface area contributed by atoms with E-state index in [0.29, 0.717) is 12.8 Å². The van der Waals surface area contributed by atoms with Gasteiger partial charge >= 0.3 is 5.97 Å². The molecule has 142 valence electrons. The molecule has 0 aromatic carbocycles. The Hall–Kier alpha value is -1.31. The maximum Gasteiger partial charge on any atom is 0.304 e. The lowest BCUT2D eigenvalue weighted by Crippen LogP contribution is -2.18. The lowest BCUT2D eigenvalue weighted by atomic mass is 9.91. The van der Waals surface area contributed by atoms with Gasteiger partial charge in [-0.1, -0.05) is 51.2 Å². The molecule has 0 aromatic heterocycles. The van der Waals surface area contributed by atoms with Crippen LogP contribution in [0.1, 0.15) is 77.6 Å². The van der Waals surface area contributed by atoms with Gasteiger partial charge in [0.25, 0.3) is 0 Å². The SMILES string of the molecule is CCCCCCCC(O)C=CC1CCC(O)C1CC#CCCC(=O)O. The third-order valence-corrected chi connectivity index (χ3v) is 4.95. The molecule has 1 saturated carbocycles. The molecule has 0 radical (unpaired) electrons. The van der Waals surface area contributed by atoms with Gasteiger partial charge in [-0.2, -0.15) is 0 Å². The molecule has 0 bridgehead atoms. The molecule has 1 aliphatic carbocycles. The predicted octanol–water partition coefficient (Wildman–Crippen LogP) is 3.91. The van der Waals surface area contributed by atoms with E-state index in [4.69, 9.17) is 5.11 Å². The molecule has 0 amide bonds. The van der Waals surface area contributed by atoms with E-state index >= 15 is 0 Å². The highest BCUT2D eigenvalue weighted by Gasteiger charge is 2.32. The third kappa shape index (κ3) is 9.67. The van der Waals surface area contributed by atoms with Gasteiger partial charge in [0.1, 0.15) is 0 Å². The molecule has 0 heterocycles. The Kier molecular flexibility index (Phi) is 11.3. The number of aliphatic carboxylic acids is 1. The number of carbonyl (C=O) groups is 1. The fraction of sp³-hybridized carbons (Fsp3) is 0.762. The Bertz CT molecular complexity index is 460. The average Bonchev–Trinajstić information content (AvgIpc) is 2.92. The molecule has 0 spiro atoms. The second-order valence-corrected chi connectivity index (χ2v) is 7.08. The summed E-state index contributed by atoms with van der Waals surface area (Å²) in [5, 5.41) is 28.8. The summed E-state index contributed by atoms with van der Waals surface area (Å²) in [6.07, 6.45) is 12.6. The number of rotatable bonds is 11. The van der Waals surface area contributed by atoms with Gasteiger partial charge in [0.2, 0.25) is 0 Å². The summed E-state index contributed by atoms with van der Waals surface area (Å²) in [4.78, 5) is 10.5. The number of aliphatic hydroxyl groups excluding tert-OH is 2. The topological polar surface area (TPSA) is 77.8 Å². The van der Waals surface area contributed by atoms with Crippen molar-refractivity contribution in [2.75, 3.05) is 0 Å². The minimum Gasteiger partial charge on any atom is -0.481 e. The van der Waals surface area contributed by atoms with E-state index in [1.54, 1.807) is 0 Å². The summed E-state index contributed by atoms with van der Waals surface area (Å²) in [5.41, 5.74) is 0. The standard InChI is InChI=1S/C21H34O4/c1-2-3-4-5-7-10-18(22)15-13-17-14-16-20(23)19(17)11-8-6-9-12-21(24)25/h13,15,17-20,22-23H,2-5,7,9-12,14,16H2,1H3,(H,24,25). The monoisotopic (exact) mass is 350 g/mol. The predicted molar refractivity (Wildman–Crippen MR) is 100 cm³/mol. The molecule has 0 aromatic rings. The Morgan fingerprint density at radius 3 is 2.68 bits per heavy atom. The quantitative estimate of drug-likeness (QED) is 0.300. The second kappa shape index (κ2) is 13.0. The maximum absolute atomic E-state index is 10.5. The van der Waals surface area contributed by atoms with Gasteiger partial charge in [-0.3, -0.25) is 4.79 Å². The fourth-order valence-corrected chi connectivity index (χ4v) is 3.38. The molecule has 1 aliphatic rings. The van der Waals surface area contributed by atoms with E-state index in [0.717, 1.165) is 25.7 Å². The summed E-state index contributed by atoms with van der Waals surface area (Å²) in [5.74, 6) is 5.40. The lowest BCUT2D eigenvalue weighted by Gasteiger charge is -2.17. The minimum absolute atomic E-state index is 0.0635. The molecular formula is C21H34O4. The first-order valence-electron chi connectivity index (χ1n) is 9.76. The van der Waals surface area contributed by atoms with Crippen LogP contribution in [0.5, 0.6) is 0 Å². The van der Waals surface area contributed by atoms with Gasteiger partial charge in [-0.25, -0.2) is 0 Å². The van der Waals surface area contributed by atoms with Crippen LogP contribution in [0.2, 0.25) is 0 Å². The van der Waals surface area contributed by atoms with Gasteiger partial charge in [0.15, 0.2) is 0 Å². The van der Waals surface area contributed by atoms with E-state index in [1.807, 2.05) is 6.08 Å². The van der Waals surface area contributed by atoms with Crippen molar-refractivity contribution in [2.24, 2.45) is 11.8 Å². The number of hydrogen-bond acceptors (Lipinski definition) is 3. The zero-order valence-electron chi connectivity index (χ0n) is 15.5. The fourth-order valence-electron chi connectivity index (χ4n) is 3.38. The van der Waals surface area contributed by atoms with E-state index < -0.39 is 12.1 Å². The normalized spacial score (nSPS) is 24.2. The number of allylic oxidation sites excluding steroid dienone is 1. The summed E-state index contributed by atoms with van der Waals surface area (Å²) in [7, 11) is 0. The molecule has 1 rings (SSSR count). The Morgan fingerprint density at radius 1 is 1.20 bits per heavy atom. The van der Waals surface area contributed by atoms with Crippen LogP contribution >= 0.6 is 0 Å². The van der Waals surface area contributed by atoms with Gasteiger partial charge in [-0.05, 0) is 25.2 Å². The molecule has 1 fully saturated rings. The second-order valence-electron chi connectivity index (χ2n) is 7.08. The Balaban J connectivity index is 2.35. The first kappa shape index (κ1) is 21.7. The van der Waals surface area contributed by atoms with Gasteiger partial charge in [-0.15, -0.1) is 11.8 Å². The maximum atomic E-state index is 10.5. The van der Waals surface area contributed by atoms with Crippen LogP contribution in [0.25, 0.3) is 0 Å². The highest BCUT2D eigenvalue weighted by Crippen LogP contribution is 2.35. The summed E-state index contributed by atoms with van der Waals surface area (Å²) in [6.45, 7) is 2.20. The highest BCUT2D eigenvalue weighted by molar-refractivity contribution is 5.66. The largest absolute Gasteiger partial charge is 0.481 e. The van der Waals surface area contributed by atoms with Crippen LogP contribution in [-0.4, -0.2) is 33.5 Å². The van der Waals surface area contributed by atoms with E-state index in [2.05, 4.69) is 24.8 Å². The molecule has 0 aliphatic heterocycles. The highest BCUT2D eigenvalue weighted by atomic mass is 16.4. The smallest absolute Gasteiger partial charge is 0.304 e. The van der Waals surface area contributed by atoms with Crippen molar-refractivity contribution in [3.63, 3.8) is 0 Å². The minimum atomic E-state index is -0.834. The van der Waals surface area contributed by atoms with Crippen molar-refractivity contribution < 1.29 is 20.1 Å². The average molecular weight is 350 g/mol. The summed E-state index contributed by atoms with van der Waals surface area (Å²) in [6, 6.07) is 0. The molecule has 4 atom stereocenters. The zero-order chi connectivity index (χ0) is 18.5. The Morgan fingerprint density at radius 2 is 1.96 bits per heavy atom. The molecular weight excluding hydrogens is 316 g/mol. The van der Waals surface area contributed by atoms with E-state index in [-0.39, 0.29) is 24.4 Å². The number of carboxylic acids is 1. The van der Waals surface area contributed by atoms with Crippen LogP contribution in [-0.2, 0) is 4.79 Å². The number of unbranched alkanes of at least 4 members (excludes halogenated alkanes) is 4. The van der Waals surface area contributed by atoms with Crippen molar-refractivity contribution >= 4 is 5.97 Å². The lowest BCUT2D eigenvalue weighted by molar-refractivity contribution is -0.136. The van der Waals surface area contributed by atoms with Crippen molar-refractivity contribution in [3.05, 3.63) is 12.2 Å². The number of hydrogen-bond donors (Lipinski definition) is 3. The number of aliphatic hydroxyl groups is 2. The van der Waals surface area contributed by atoms with Gasteiger partial charge in [0.05, 0.1) is 18.6 Å². The first-order valence-corrected chi connectivity index (χ1v) is 9.76. The zero-order valence-corrected chi connectivity index (χ0v) is 15.5. The molecule has 4 nitrogen and oxygen atoms in total. The van der Waals surface area contributed by atoms with Gasteiger partial charge in [0, 0.05) is 18.8 Å². The third-order valence-electron chi connectivity index (χ3n) is 4.95. The summed E-state index contributed by atoms with van der Waals surface area (Å²) >= 11 is 0. The van der Waals surface area contributed by atoms with E-state index in [9.17, 15) is 15.0 Å². The number of carboxylic acid groups (broad SMARTS) is 1. The molecule has 25 heavy (non-hydrogen) atoms. The van der Waals surface area contributed by atoms with Crippen LogP contribution in [0, 0.1) is 23.7 Å². The molecule has 0 saturated heterocycles. The van der Waals surface area contributed by atoms with Crippen LogP contribution in [0.4, 0.5) is 0 Å². The van der Waals surface area contributed by atoms with Crippen LogP contribution in [0.15, 0.2) is 12.2 Å². The molecule has 3 N–H and O–H groups in total. The van der Waals surface area contributed by atoms with Crippen LogP contribution < -0.4 is 0 Å². The van der Waals surface area contributed by atoms with E-state index in [1.165, 1.54) is 25.7 Å². The first-order chi connectivity index (χ1) is 12.0. The Labute approximate surface area is 152 Å². The van der Waals surface area contributed by atoms with Gasteiger partial charge < -0.3 is 15.3 Å². The van der Waals surface area contributed by atoms with Crippen molar-refractivity contribution in [1.29, 1.82) is 0 Å². The molecule has 4 heteroatoms. The van der Waals surface area contributed by atoms with Crippen molar-refractivity contribution in [3.8, 4) is 11.8 Å². The van der Waals surface area contributed by atoms with Crippen molar-refractivity contribution in [1.82, 2.24) is 0 Å². The van der Waals surface area contributed by atoms with Crippen LogP contribution in [0.3, 0.4) is 0 Å². The summed E-state index contributed by atoms with van der Waals surface area (Å²) < 4.78 is 0. The molecule has 4 unspecified atom stereocenters. The van der Waals surface area contributed by atoms with Crippen molar-refractivity contribution in [2.45, 2.75) is 89.8 Å².